The first-order valence-electron chi connectivity index (χ1n) is 6.26. The van der Waals surface area contributed by atoms with Gasteiger partial charge in [-0.05, 0) is 12.8 Å². The molecule has 4 heteroatoms. The summed E-state index contributed by atoms with van der Waals surface area (Å²) in [4.78, 5) is 22.7. The minimum Gasteiger partial charge on any atom is -0.351 e. The second-order valence-electron chi connectivity index (χ2n) is 4.34. The van der Waals surface area contributed by atoms with Crippen molar-refractivity contribution in [2.75, 3.05) is 0 Å². The van der Waals surface area contributed by atoms with Crippen molar-refractivity contribution < 1.29 is 9.59 Å². The Balaban J connectivity index is 2.49. The second kappa shape index (κ2) is 6.51. The first kappa shape index (κ1) is 13.0. The van der Waals surface area contributed by atoms with Gasteiger partial charge in [-0.15, -0.1) is 0 Å². The van der Waals surface area contributed by atoms with Crippen LogP contribution in [0.25, 0.3) is 0 Å². The maximum absolute atomic E-state index is 11.4. The number of carbonyl (C=O) groups excluding carboxylic acids is 2. The summed E-state index contributed by atoms with van der Waals surface area (Å²) in [7, 11) is 0. The Morgan fingerprint density at radius 3 is 1.62 bits per heavy atom. The van der Waals surface area contributed by atoms with Gasteiger partial charge in [0, 0.05) is 24.9 Å². The van der Waals surface area contributed by atoms with E-state index in [2.05, 4.69) is 10.6 Å². The van der Waals surface area contributed by atoms with E-state index in [1.165, 1.54) is 0 Å². The van der Waals surface area contributed by atoms with Crippen molar-refractivity contribution in [1.82, 2.24) is 10.6 Å². The Morgan fingerprint density at radius 2 is 1.31 bits per heavy atom. The highest BCUT2D eigenvalue weighted by molar-refractivity contribution is 5.77. The summed E-state index contributed by atoms with van der Waals surface area (Å²) in [5.74, 6) is 0.144. The van der Waals surface area contributed by atoms with Crippen LogP contribution in [0.15, 0.2) is 0 Å². The van der Waals surface area contributed by atoms with Crippen molar-refractivity contribution in [3.8, 4) is 0 Å². The van der Waals surface area contributed by atoms with E-state index in [0.29, 0.717) is 12.8 Å². The Morgan fingerprint density at radius 1 is 0.938 bits per heavy atom. The minimum atomic E-state index is 0.0719. The van der Waals surface area contributed by atoms with E-state index in [9.17, 15) is 9.59 Å². The summed E-state index contributed by atoms with van der Waals surface area (Å²) in [6, 6.07) is 0.244. The fourth-order valence-electron chi connectivity index (χ4n) is 2.09. The average Bonchev–Trinajstić information content (AvgIpc) is 2.31. The Hall–Kier alpha value is -1.06. The number of carbonyl (C=O) groups is 2. The topological polar surface area (TPSA) is 58.2 Å². The predicted octanol–water partition coefficient (Wildman–Crippen LogP) is 1.35. The van der Waals surface area contributed by atoms with Crippen molar-refractivity contribution >= 4 is 11.8 Å². The van der Waals surface area contributed by atoms with E-state index in [1.54, 1.807) is 0 Å². The molecule has 2 atom stereocenters. The molecule has 2 amide bonds. The van der Waals surface area contributed by atoms with Crippen molar-refractivity contribution in [1.29, 1.82) is 0 Å². The average molecular weight is 226 g/mol. The van der Waals surface area contributed by atoms with Gasteiger partial charge in [0.15, 0.2) is 0 Å². The van der Waals surface area contributed by atoms with Gasteiger partial charge in [-0.3, -0.25) is 9.59 Å². The van der Waals surface area contributed by atoms with Crippen LogP contribution in [0.4, 0.5) is 0 Å². The zero-order valence-electron chi connectivity index (χ0n) is 10.2. The first-order valence-corrected chi connectivity index (χ1v) is 6.26. The third-order valence-corrected chi connectivity index (χ3v) is 3.10. The molecule has 1 unspecified atom stereocenters. The molecule has 0 aromatic rings. The third kappa shape index (κ3) is 3.83. The van der Waals surface area contributed by atoms with Crippen LogP contribution in [0.1, 0.15) is 52.4 Å². The largest absolute Gasteiger partial charge is 0.351 e. The number of amides is 2. The van der Waals surface area contributed by atoms with Crippen LogP contribution in [0.3, 0.4) is 0 Å². The molecule has 1 aliphatic carbocycles. The zero-order valence-corrected chi connectivity index (χ0v) is 10.2. The van der Waals surface area contributed by atoms with Crippen LogP contribution in [-0.4, -0.2) is 23.9 Å². The van der Waals surface area contributed by atoms with E-state index >= 15 is 0 Å². The summed E-state index contributed by atoms with van der Waals surface area (Å²) in [5, 5.41) is 5.99. The van der Waals surface area contributed by atoms with Gasteiger partial charge in [0.25, 0.3) is 0 Å². The lowest BCUT2D eigenvalue weighted by Crippen LogP contribution is -2.53. The van der Waals surface area contributed by atoms with Crippen LogP contribution in [-0.2, 0) is 9.59 Å². The van der Waals surface area contributed by atoms with Gasteiger partial charge in [-0.2, -0.15) is 0 Å². The normalized spacial score (nSPS) is 24.9. The SMILES string of the molecule is CCC(=O)NC1CCCC[C@@H]1NC(=O)CC. The predicted molar refractivity (Wildman–Crippen MR) is 62.9 cm³/mol. The molecule has 2 N–H and O–H groups in total. The van der Waals surface area contributed by atoms with Crippen LogP contribution in [0.5, 0.6) is 0 Å². The van der Waals surface area contributed by atoms with Crippen LogP contribution in [0, 0.1) is 0 Å². The molecule has 92 valence electrons. The number of hydrogen-bond acceptors (Lipinski definition) is 2. The lowest BCUT2D eigenvalue weighted by molar-refractivity contribution is -0.124. The van der Waals surface area contributed by atoms with Gasteiger partial charge in [0.05, 0.1) is 0 Å². The van der Waals surface area contributed by atoms with Crippen molar-refractivity contribution in [2.24, 2.45) is 0 Å². The molecular weight excluding hydrogens is 204 g/mol. The molecule has 0 heterocycles. The standard InChI is InChI=1S/C12H22N2O2/c1-3-11(15)13-9-7-5-6-8-10(9)14-12(16)4-2/h9-10H,3-8H2,1-2H3,(H,13,15)(H,14,16)/t9-,10?/m0/s1. The van der Waals surface area contributed by atoms with Crippen LogP contribution in [0.2, 0.25) is 0 Å². The molecule has 0 saturated heterocycles. The number of nitrogens with one attached hydrogen (secondary N) is 2. The van der Waals surface area contributed by atoms with Gasteiger partial charge in [-0.25, -0.2) is 0 Å². The highest BCUT2D eigenvalue weighted by atomic mass is 16.2. The third-order valence-electron chi connectivity index (χ3n) is 3.10. The molecule has 1 aliphatic rings. The molecule has 1 saturated carbocycles. The van der Waals surface area contributed by atoms with E-state index in [1.807, 2.05) is 13.8 Å². The molecule has 1 rings (SSSR count). The molecular formula is C12H22N2O2. The number of rotatable bonds is 4. The molecule has 16 heavy (non-hydrogen) atoms. The molecule has 1 fully saturated rings. The van der Waals surface area contributed by atoms with Gasteiger partial charge in [0.1, 0.15) is 0 Å². The summed E-state index contributed by atoms with van der Waals surface area (Å²) in [5.41, 5.74) is 0. The molecule has 0 aromatic heterocycles. The molecule has 0 aliphatic heterocycles. The molecule has 0 bridgehead atoms. The van der Waals surface area contributed by atoms with Crippen LogP contribution >= 0.6 is 0 Å². The Bertz CT molecular complexity index is 227. The fourth-order valence-corrected chi connectivity index (χ4v) is 2.09. The van der Waals surface area contributed by atoms with Crippen molar-refractivity contribution in [3.63, 3.8) is 0 Å². The summed E-state index contributed by atoms with van der Waals surface area (Å²) < 4.78 is 0. The zero-order chi connectivity index (χ0) is 12.0. The maximum atomic E-state index is 11.4. The molecule has 0 aromatic carbocycles. The lowest BCUT2D eigenvalue weighted by Gasteiger charge is -2.32. The highest BCUT2D eigenvalue weighted by Crippen LogP contribution is 2.18. The Labute approximate surface area is 97.2 Å². The first-order chi connectivity index (χ1) is 7.67. The highest BCUT2D eigenvalue weighted by Gasteiger charge is 2.26. The summed E-state index contributed by atoms with van der Waals surface area (Å²) >= 11 is 0. The quantitative estimate of drug-likeness (QED) is 0.760. The smallest absolute Gasteiger partial charge is 0.220 e. The lowest BCUT2D eigenvalue weighted by atomic mass is 9.90. The minimum absolute atomic E-state index is 0.0719. The monoisotopic (exact) mass is 226 g/mol. The van der Waals surface area contributed by atoms with Gasteiger partial charge in [-0.1, -0.05) is 26.7 Å². The Kier molecular flexibility index (Phi) is 5.29. The fraction of sp³-hybridized carbons (Fsp3) is 0.833. The van der Waals surface area contributed by atoms with E-state index < -0.39 is 0 Å². The molecule has 4 nitrogen and oxygen atoms in total. The van der Waals surface area contributed by atoms with Crippen LogP contribution < -0.4 is 10.6 Å². The van der Waals surface area contributed by atoms with Crippen molar-refractivity contribution in [3.05, 3.63) is 0 Å². The van der Waals surface area contributed by atoms with E-state index in [-0.39, 0.29) is 23.9 Å². The van der Waals surface area contributed by atoms with E-state index in [0.717, 1.165) is 25.7 Å². The van der Waals surface area contributed by atoms with Gasteiger partial charge in [0.2, 0.25) is 11.8 Å². The van der Waals surface area contributed by atoms with Gasteiger partial charge < -0.3 is 10.6 Å². The number of hydrogen-bond donors (Lipinski definition) is 2. The van der Waals surface area contributed by atoms with Gasteiger partial charge >= 0.3 is 0 Å². The van der Waals surface area contributed by atoms with E-state index in [4.69, 9.17) is 0 Å². The second-order valence-corrected chi connectivity index (χ2v) is 4.34. The molecule has 0 spiro atoms. The molecule has 0 radical (unpaired) electrons. The summed E-state index contributed by atoms with van der Waals surface area (Å²) in [6.07, 6.45) is 5.22. The summed E-state index contributed by atoms with van der Waals surface area (Å²) in [6.45, 7) is 3.69. The van der Waals surface area contributed by atoms with Crippen molar-refractivity contribution in [2.45, 2.75) is 64.5 Å². The maximum Gasteiger partial charge on any atom is 0.220 e.